The summed E-state index contributed by atoms with van der Waals surface area (Å²) in [6.07, 6.45) is 0. The first-order chi connectivity index (χ1) is 11.4. The second kappa shape index (κ2) is 6.72. The number of carbonyl (C=O) groups is 1. The Hall–Kier alpha value is -1.61. The van der Waals surface area contributed by atoms with Crippen molar-refractivity contribution in [2.75, 3.05) is 20.2 Å². The van der Waals surface area contributed by atoms with E-state index in [1.165, 1.54) is 16.4 Å². The molecule has 1 fully saturated rings. The molecule has 0 aliphatic carbocycles. The van der Waals surface area contributed by atoms with Gasteiger partial charge in [0.05, 0.1) is 11.4 Å². The van der Waals surface area contributed by atoms with E-state index in [2.05, 4.69) is 5.32 Å². The number of nitrogens with one attached hydrogen (secondary N) is 1. The Labute approximate surface area is 149 Å². The van der Waals surface area contributed by atoms with Crippen molar-refractivity contribution in [3.05, 3.63) is 46.3 Å². The predicted octanol–water partition coefficient (Wildman–Crippen LogP) is 2.27. The number of hydrogen-bond donors (Lipinski definition) is 1. The van der Waals surface area contributed by atoms with Gasteiger partial charge in [0.2, 0.25) is 5.91 Å². The molecule has 9 heteroatoms. The summed E-state index contributed by atoms with van der Waals surface area (Å²) in [5, 5.41) is 2.72. The van der Waals surface area contributed by atoms with Gasteiger partial charge in [-0.3, -0.25) is 4.79 Å². The van der Waals surface area contributed by atoms with Gasteiger partial charge in [-0.1, -0.05) is 23.7 Å². The Bertz CT molecular complexity index is 849. The van der Waals surface area contributed by atoms with Gasteiger partial charge < -0.3 is 10.1 Å². The van der Waals surface area contributed by atoms with Crippen LogP contribution in [-0.2, 0) is 14.8 Å². The molecule has 3 rings (SSSR count). The van der Waals surface area contributed by atoms with Crippen LogP contribution < -0.4 is 10.1 Å². The number of hydrogen-bond acceptors (Lipinski definition) is 5. The van der Waals surface area contributed by atoms with Crippen LogP contribution in [0.1, 0.15) is 11.6 Å². The number of thiophene rings is 1. The van der Waals surface area contributed by atoms with Gasteiger partial charge in [-0.05, 0) is 29.8 Å². The number of nitrogens with zero attached hydrogens (tertiary/aromatic N) is 1. The van der Waals surface area contributed by atoms with E-state index in [-0.39, 0.29) is 23.2 Å². The lowest BCUT2D eigenvalue weighted by Crippen LogP contribution is -2.51. The van der Waals surface area contributed by atoms with Gasteiger partial charge in [-0.2, -0.15) is 4.31 Å². The number of methoxy groups -OCH3 is 1. The molecule has 6 nitrogen and oxygen atoms in total. The third-order valence-corrected chi connectivity index (χ3v) is 7.27. The summed E-state index contributed by atoms with van der Waals surface area (Å²) in [6.45, 7) is 0.462. The molecule has 128 valence electrons. The Balaban J connectivity index is 2.02. The monoisotopic (exact) mass is 386 g/mol. The van der Waals surface area contributed by atoms with Gasteiger partial charge in [-0.15, -0.1) is 11.3 Å². The molecule has 1 N–H and O–H groups in total. The topological polar surface area (TPSA) is 75.7 Å². The molecule has 2 aromatic rings. The maximum absolute atomic E-state index is 12.9. The molecule has 0 spiro atoms. The highest BCUT2D eigenvalue weighted by molar-refractivity contribution is 7.91. The minimum Gasteiger partial charge on any atom is -0.497 e. The molecule has 1 aromatic carbocycles. The molecule has 1 atom stereocenters. The lowest BCUT2D eigenvalue weighted by molar-refractivity contribution is -0.126. The SMILES string of the molecule is COc1ccc(C2C(=O)NCCN2S(=O)(=O)c2ccc(Cl)s2)cc1. The highest BCUT2D eigenvalue weighted by Gasteiger charge is 2.40. The highest BCUT2D eigenvalue weighted by atomic mass is 35.5. The average Bonchev–Trinajstić information content (AvgIpc) is 3.02. The van der Waals surface area contributed by atoms with Crippen LogP contribution in [0.2, 0.25) is 4.34 Å². The lowest BCUT2D eigenvalue weighted by Gasteiger charge is -2.33. The zero-order valence-electron chi connectivity index (χ0n) is 12.7. The molecule has 1 amide bonds. The first-order valence-corrected chi connectivity index (χ1v) is 9.76. The first kappa shape index (κ1) is 17.2. The Morgan fingerprint density at radius 1 is 1.25 bits per heavy atom. The van der Waals surface area contributed by atoms with Crippen molar-refractivity contribution < 1.29 is 17.9 Å². The van der Waals surface area contributed by atoms with Crippen LogP contribution in [0.3, 0.4) is 0 Å². The fourth-order valence-electron chi connectivity index (χ4n) is 2.56. The van der Waals surface area contributed by atoms with Crippen molar-refractivity contribution in [2.24, 2.45) is 0 Å². The van der Waals surface area contributed by atoms with Gasteiger partial charge in [0.1, 0.15) is 16.0 Å². The number of halogens is 1. The van der Waals surface area contributed by atoms with E-state index in [1.807, 2.05) is 0 Å². The number of benzene rings is 1. The normalized spacial score (nSPS) is 19.1. The van der Waals surface area contributed by atoms with Crippen LogP contribution in [0, 0.1) is 0 Å². The van der Waals surface area contributed by atoms with Crippen molar-refractivity contribution in [3.63, 3.8) is 0 Å². The van der Waals surface area contributed by atoms with Crippen molar-refractivity contribution in [2.45, 2.75) is 10.3 Å². The predicted molar refractivity (Wildman–Crippen MR) is 92.0 cm³/mol. The number of carbonyl (C=O) groups excluding carboxylic acids is 1. The summed E-state index contributed by atoms with van der Waals surface area (Å²) in [5.74, 6) is 0.284. The smallest absolute Gasteiger partial charge is 0.253 e. The molecule has 0 saturated carbocycles. The zero-order valence-corrected chi connectivity index (χ0v) is 15.1. The van der Waals surface area contributed by atoms with Crippen LogP contribution in [-0.4, -0.2) is 38.8 Å². The maximum Gasteiger partial charge on any atom is 0.253 e. The van der Waals surface area contributed by atoms with Gasteiger partial charge in [0.25, 0.3) is 10.0 Å². The fraction of sp³-hybridized carbons (Fsp3) is 0.267. The zero-order chi connectivity index (χ0) is 17.3. The van der Waals surface area contributed by atoms with E-state index in [4.69, 9.17) is 16.3 Å². The second-order valence-corrected chi connectivity index (χ2v) is 8.97. The Morgan fingerprint density at radius 2 is 1.96 bits per heavy atom. The molecule has 1 aliphatic heterocycles. The summed E-state index contributed by atoms with van der Waals surface area (Å²) in [7, 11) is -2.27. The van der Waals surface area contributed by atoms with Crippen molar-refractivity contribution in [1.82, 2.24) is 9.62 Å². The van der Waals surface area contributed by atoms with Crippen LogP contribution in [0.25, 0.3) is 0 Å². The average molecular weight is 387 g/mol. The van der Waals surface area contributed by atoms with E-state index in [1.54, 1.807) is 31.4 Å². The van der Waals surface area contributed by atoms with E-state index in [0.29, 0.717) is 15.6 Å². The molecule has 0 radical (unpaired) electrons. The third-order valence-electron chi connectivity index (χ3n) is 3.71. The molecule has 1 saturated heterocycles. The van der Waals surface area contributed by atoms with Crippen molar-refractivity contribution in [1.29, 1.82) is 0 Å². The number of piperazine rings is 1. The van der Waals surface area contributed by atoms with E-state index in [9.17, 15) is 13.2 Å². The third kappa shape index (κ3) is 3.14. The quantitative estimate of drug-likeness (QED) is 0.874. The maximum atomic E-state index is 12.9. The number of sulfonamides is 1. The van der Waals surface area contributed by atoms with Gasteiger partial charge in [-0.25, -0.2) is 8.42 Å². The van der Waals surface area contributed by atoms with Crippen molar-refractivity contribution >= 4 is 38.9 Å². The van der Waals surface area contributed by atoms with Crippen LogP contribution in [0.15, 0.2) is 40.6 Å². The van der Waals surface area contributed by atoms with E-state index < -0.39 is 16.1 Å². The number of amides is 1. The molecule has 1 unspecified atom stereocenters. The summed E-state index contributed by atoms with van der Waals surface area (Å²) in [6, 6.07) is 8.85. The van der Waals surface area contributed by atoms with Gasteiger partial charge >= 0.3 is 0 Å². The Kier molecular flexibility index (Phi) is 4.82. The molecule has 0 bridgehead atoms. The molecule has 1 aliphatic rings. The molecule has 2 heterocycles. The fourth-order valence-corrected chi connectivity index (χ4v) is 5.75. The number of rotatable bonds is 4. The minimum atomic E-state index is -3.81. The molecular formula is C15H15ClN2O4S2. The van der Waals surface area contributed by atoms with E-state index >= 15 is 0 Å². The molecule has 24 heavy (non-hydrogen) atoms. The lowest BCUT2D eigenvalue weighted by atomic mass is 10.0. The van der Waals surface area contributed by atoms with Gasteiger partial charge in [0, 0.05) is 13.1 Å². The van der Waals surface area contributed by atoms with Crippen LogP contribution in [0.5, 0.6) is 5.75 Å². The van der Waals surface area contributed by atoms with Crippen molar-refractivity contribution in [3.8, 4) is 5.75 Å². The summed E-state index contributed by atoms with van der Waals surface area (Å²) in [5.41, 5.74) is 0.583. The standard InChI is InChI=1S/C15H15ClN2O4S2/c1-22-11-4-2-10(3-5-11)14-15(19)17-8-9-18(14)24(20,21)13-7-6-12(16)23-13/h2-7,14H,8-9H2,1H3,(H,17,19). The number of ether oxygens (including phenoxy) is 1. The summed E-state index contributed by atoms with van der Waals surface area (Å²) >= 11 is 6.84. The summed E-state index contributed by atoms with van der Waals surface area (Å²) in [4.78, 5) is 12.4. The minimum absolute atomic E-state index is 0.126. The summed E-state index contributed by atoms with van der Waals surface area (Å²) < 4.78 is 32.7. The molecule has 1 aromatic heterocycles. The largest absolute Gasteiger partial charge is 0.497 e. The Morgan fingerprint density at radius 3 is 2.54 bits per heavy atom. The molecular weight excluding hydrogens is 372 g/mol. The van der Waals surface area contributed by atoms with E-state index in [0.717, 1.165) is 11.3 Å². The first-order valence-electron chi connectivity index (χ1n) is 7.12. The second-order valence-electron chi connectivity index (χ2n) is 5.14. The van der Waals surface area contributed by atoms with Gasteiger partial charge in [0.15, 0.2) is 0 Å². The highest BCUT2D eigenvalue weighted by Crippen LogP contribution is 2.34. The van der Waals surface area contributed by atoms with Crippen LogP contribution >= 0.6 is 22.9 Å². The van der Waals surface area contributed by atoms with Crippen LogP contribution in [0.4, 0.5) is 0 Å².